The van der Waals surface area contributed by atoms with E-state index in [4.69, 9.17) is 5.10 Å². The molecule has 4 rings (SSSR count). The van der Waals surface area contributed by atoms with Gasteiger partial charge in [-0.1, -0.05) is 18.2 Å². The van der Waals surface area contributed by atoms with Gasteiger partial charge in [-0.25, -0.2) is 4.68 Å². The van der Waals surface area contributed by atoms with Crippen LogP contribution in [0.15, 0.2) is 36.4 Å². The van der Waals surface area contributed by atoms with Crippen LogP contribution in [0.4, 0.5) is 5.82 Å². The van der Waals surface area contributed by atoms with Gasteiger partial charge >= 0.3 is 0 Å². The van der Waals surface area contributed by atoms with Crippen molar-refractivity contribution in [1.82, 2.24) is 14.7 Å². The van der Waals surface area contributed by atoms with E-state index >= 15 is 0 Å². The molecule has 26 heavy (non-hydrogen) atoms. The standard InChI is InChI=1S/C20H26N4O2/c1-14-11-17(25)9-10-23(14)13-20(26)21-19-12-18(15-7-8-15)22-24(19)16-5-3-2-4-6-16/h2-6,12,14-15,17,25H,7-11,13H2,1H3,(H,21,26)/t14-,17-/m0/s1. The van der Waals surface area contributed by atoms with Crippen molar-refractivity contribution >= 4 is 11.7 Å². The van der Waals surface area contributed by atoms with Crippen LogP contribution in [0.1, 0.15) is 44.2 Å². The predicted octanol–water partition coefficient (Wildman–Crippen LogP) is 2.53. The van der Waals surface area contributed by atoms with Crippen molar-refractivity contribution in [2.24, 2.45) is 0 Å². The van der Waals surface area contributed by atoms with Crippen molar-refractivity contribution in [2.45, 2.75) is 50.7 Å². The average Bonchev–Trinajstić information content (AvgIpc) is 3.39. The molecular weight excluding hydrogens is 328 g/mol. The monoisotopic (exact) mass is 354 g/mol. The van der Waals surface area contributed by atoms with Gasteiger partial charge in [0.25, 0.3) is 0 Å². The minimum absolute atomic E-state index is 0.0346. The number of benzene rings is 1. The summed E-state index contributed by atoms with van der Waals surface area (Å²) in [5.74, 6) is 1.22. The number of aliphatic hydroxyl groups is 1. The zero-order valence-electron chi connectivity index (χ0n) is 15.1. The largest absolute Gasteiger partial charge is 0.393 e. The maximum atomic E-state index is 12.6. The summed E-state index contributed by atoms with van der Waals surface area (Å²) in [6.45, 7) is 3.16. The van der Waals surface area contributed by atoms with Crippen LogP contribution >= 0.6 is 0 Å². The van der Waals surface area contributed by atoms with Crippen LogP contribution in [-0.2, 0) is 4.79 Å². The van der Waals surface area contributed by atoms with Gasteiger partial charge in [0.05, 0.1) is 24.0 Å². The van der Waals surface area contributed by atoms with Crippen molar-refractivity contribution in [1.29, 1.82) is 0 Å². The van der Waals surface area contributed by atoms with Crippen molar-refractivity contribution in [2.75, 3.05) is 18.4 Å². The van der Waals surface area contributed by atoms with E-state index in [-0.39, 0.29) is 18.1 Å². The molecule has 0 spiro atoms. The quantitative estimate of drug-likeness (QED) is 0.866. The molecule has 2 fully saturated rings. The lowest BCUT2D eigenvalue weighted by Gasteiger charge is -2.35. The fraction of sp³-hybridized carbons (Fsp3) is 0.500. The van der Waals surface area contributed by atoms with E-state index in [1.54, 1.807) is 0 Å². The van der Waals surface area contributed by atoms with E-state index < -0.39 is 0 Å². The van der Waals surface area contributed by atoms with E-state index in [1.165, 1.54) is 12.8 Å². The number of hydrogen-bond donors (Lipinski definition) is 2. The number of piperidine rings is 1. The zero-order chi connectivity index (χ0) is 18.1. The molecule has 0 unspecified atom stereocenters. The van der Waals surface area contributed by atoms with Crippen molar-refractivity contribution in [3.63, 3.8) is 0 Å². The van der Waals surface area contributed by atoms with E-state index in [2.05, 4.69) is 17.1 Å². The Kier molecular flexibility index (Phi) is 4.78. The summed E-state index contributed by atoms with van der Waals surface area (Å²) < 4.78 is 1.83. The van der Waals surface area contributed by atoms with Gasteiger partial charge in [-0.3, -0.25) is 9.69 Å². The molecule has 1 aromatic carbocycles. The number of nitrogens with one attached hydrogen (secondary N) is 1. The van der Waals surface area contributed by atoms with Gasteiger partial charge in [-0.2, -0.15) is 5.10 Å². The number of likely N-dealkylation sites (tertiary alicyclic amines) is 1. The Balaban J connectivity index is 1.49. The van der Waals surface area contributed by atoms with Crippen molar-refractivity contribution < 1.29 is 9.90 Å². The number of nitrogens with zero attached hydrogens (tertiary/aromatic N) is 3. The van der Waals surface area contributed by atoms with Crippen LogP contribution < -0.4 is 5.32 Å². The summed E-state index contributed by atoms with van der Waals surface area (Å²) in [5.41, 5.74) is 2.00. The van der Waals surface area contributed by atoms with Crippen LogP contribution in [0.3, 0.4) is 0 Å². The molecule has 0 radical (unpaired) electrons. The van der Waals surface area contributed by atoms with Crippen LogP contribution in [0.5, 0.6) is 0 Å². The molecule has 2 N–H and O–H groups in total. The van der Waals surface area contributed by atoms with Crippen LogP contribution in [0, 0.1) is 0 Å². The number of para-hydroxylation sites is 1. The fourth-order valence-corrected chi connectivity index (χ4v) is 3.63. The molecule has 138 valence electrons. The smallest absolute Gasteiger partial charge is 0.239 e. The number of carbonyl (C=O) groups is 1. The van der Waals surface area contributed by atoms with Gasteiger partial charge in [-0.05, 0) is 44.7 Å². The van der Waals surface area contributed by atoms with Gasteiger partial charge in [-0.15, -0.1) is 0 Å². The first kappa shape index (κ1) is 17.2. The van der Waals surface area contributed by atoms with E-state index in [0.717, 1.165) is 36.6 Å². The van der Waals surface area contributed by atoms with Crippen LogP contribution in [0.2, 0.25) is 0 Å². The topological polar surface area (TPSA) is 70.4 Å². The predicted molar refractivity (Wildman–Crippen MR) is 100 cm³/mol. The van der Waals surface area contributed by atoms with E-state index in [9.17, 15) is 9.90 Å². The van der Waals surface area contributed by atoms with Crippen molar-refractivity contribution in [3.8, 4) is 5.69 Å². The molecule has 1 aliphatic carbocycles. The average molecular weight is 354 g/mol. The van der Waals surface area contributed by atoms with Gasteiger partial charge < -0.3 is 10.4 Å². The highest BCUT2D eigenvalue weighted by Gasteiger charge is 2.29. The molecule has 1 saturated heterocycles. The number of rotatable bonds is 5. The minimum atomic E-state index is -0.245. The number of amides is 1. The fourth-order valence-electron chi connectivity index (χ4n) is 3.63. The molecule has 2 aromatic rings. The second kappa shape index (κ2) is 7.21. The molecule has 1 aliphatic heterocycles. The first-order chi connectivity index (χ1) is 12.6. The number of aromatic nitrogens is 2. The molecule has 2 aliphatic rings. The van der Waals surface area contributed by atoms with Gasteiger partial charge in [0, 0.05) is 24.6 Å². The maximum absolute atomic E-state index is 12.6. The molecule has 0 bridgehead atoms. The molecule has 6 nitrogen and oxygen atoms in total. The molecule has 6 heteroatoms. The minimum Gasteiger partial charge on any atom is -0.393 e. The number of hydrogen-bond acceptors (Lipinski definition) is 4. The van der Waals surface area contributed by atoms with Crippen LogP contribution in [0.25, 0.3) is 5.69 Å². The lowest BCUT2D eigenvalue weighted by molar-refractivity contribution is -0.118. The summed E-state index contributed by atoms with van der Waals surface area (Å²) in [6.07, 6.45) is 3.55. The third-order valence-electron chi connectivity index (χ3n) is 5.32. The first-order valence-corrected chi connectivity index (χ1v) is 9.47. The number of aliphatic hydroxyl groups excluding tert-OH is 1. The summed E-state index contributed by atoms with van der Waals surface area (Å²) in [4.78, 5) is 14.8. The highest BCUT2D eigenvalue weighted by atomic mass is 16.3. The second-order valence-electron chi connectivity index (χ2n) is 7.52. The Hall–Kier alpha value is -2.18. The molecule has 1 aromatic heterocycles. The first-order valence-electron chi connectivity index (χ1n) is 9.47. The summed E-state index contributed by atoms with van der Waals surface area (Å²) in [5, 5.41) is 17.5. The third kappa shape index (κ3) is 3.81. The maximum Gasteiger partial charge on any atom is 0.239 e. The van der Waals surface area contributed by atoms with E-state index in [0.29, 0.717) is 12.5 Å². The highest BCUT2D eigenvalue weighted by molar-refractivity contribution is 5.91. The van der Waals surface area contributed by atoms with Gasteiger partial charge in [0.1, 0.15) is 5.82 Å². The number of carbonyl (C=O) groups excluding carboxylic acids is 1. The number of anilines is 1. The summed E-state index contributed by atoms with van der Waals surface area (Å²) in [7, 11) is 0. The Morgan fingerprint density at radius 3 is 2.73 bits per heavy atom. The SMILES string of the molecule is C[C@H]1C[C@@H](O)CCN1CC(=O)Nc1cc(C2CC2)nn1-c1ccccc1. The molecule has 2 atom stereocenters. The molecular formula is C20H26N4O2. The van der Waals surface area contributed by atoms with Crippen LogP contribution in [-0.4, -0.2) is 50.9 Å². The zero-order valence-corrected chi connectivity index (χ0v) is 15.1. The summed E-state index contributed by atoms with van der Waals surface area (Å²) in [6, 6.07) is 12.1. The normalized spacial score (nSPS) is 23.8. The Morgan fingerprint density at radius 2 is 2.04 bits per heavy atom. The summed E-state index contributed by atoms with van der Waals surface area (Å²) >= 11 is 0. The Bertz CT molecular complexity index is 769. The Morgan fingerprint density at radius 1 is 1.27 bits per heavy atom. The van der Waals surface area contributed by atoms with Gasteiger partial charge in [0.2, 0.25) is 5.91 Å². The highest BCUT2D eigenvalue weighted by Crippen LogP contribution is 2.40. The van der Waals surface area contributed by atoms with E-state index in [1.807, 2.05) is 41.1 Å². The van der Waals surface area contributed by atoms with Gasteiger partial charge in [0.15, 0.2) is 0 Å². The molecule has 1 amide bonds. The lowest BCUT2D eigenvalue weighted by Crippen LogP contribution is -2.46. The lowest BCUT2D eigenvalue weighted by atomic mass is 10.0. The third-order valence-corrected chi connectivity index (χ3v) is 5.32. The molecule has 1 saturated carbocycles. The second-order valence-corrected chi connectivity index (χ2v) is 7.52. The molecule has 2 heterocycles. The van der Waals surface area contributed by atoms with Crippen molar-refractivity contribution in [3.05, 3.63) is 42.1 Å². The Labute approximate surface area is 153 Å².